The number of rotatable bonds is 11. The monoisotopic (exact) mass is 345 g/mol. The van der Waals surface area contributed by atoms with Crippen LogP contribution in [0.25, 0.3) is 5.70 Å². The van der Waals surface area contributed by atoms with Crippen LogP contribution in [-0.2, 0) is 14.2 Å². The highest BCUT2D eigenvalue weighted by Gasteiger charge is 2.07. The highest BCUT2D eigenvalue weighted by atomic mass is 16.5. The molecule has 0 radical (unpaired) electrons. The summed E-state index contributed by atoms with van der Waals surface area (Å²) in [6.07, 6.45) is 0.223. The van der Waals surface area contributed by atoms with Gasteiger partial charge in [-0.25, -0.2) is 4.79 Å². The van der Waals surface area contributed by atoms with E-state index in [0.29, 0.717) is 31.9 Å². The van der Waals surface area contributed by atoms with Crippen molar-refractivity contribution >= 4 is 11.7 Å². The number of hydrogen-bond donors (Lipinski definition) is 1. The van der Waals surface area contributed by atoms with Gasteiger partial charge in [-0.1, -0.05) is 24.6 Å². The van der Waals surface area contributed by atoms with Gasteiger partial charge in [0.15, 0.2) is 6.61 Å². The van der Waals surface area contributed by atoms with Crippen molar-refractivity contribution in [2.24, 2.45) is 0 Å². The summed E-state index contributed by atoms with van der Waals surface area (Å²) in [5.74, 6) is 4.98. The molecule has 0 saturated carbocycles. The van der Waals surface area contributed by atoms with Crippen molar-refractivity contribution < 1.29 is 19.0 Å². The number of hydrogen-bond acceptors (Lipinski definition) is 5. The first-order valence-corrected chi connectivity index (χ1v) is 8.34. The average molecular weight is 345 g/mol. The Morgan fingerprint density at radius 1 is 1.16 bits per heavy atom. The molecular formula is C20H27NO4. The Morgan fingerprint density at radius 2 is 1.84 bits per heavy atom. The van der Waals surface area contributed by atoms with Crippen molar-refractivity contribution in [1.82, 2.24) is 5.32 Å². The molecule has 0 aliphatic heterocycles. The highest BCUT2D eigenvalue weighted by Crippen LogP contribution is 2.11. The Hall–Kier alpha value is -2.29. The summed E-state index contributed by atoms with van der Waals surface area (Å²) in [5, 5.41) is 3.19. The van der Waals surface area contributed by atoms with Gasteiger partial charge in [0.2, 0.25) is 0 Å². The Balaban J connectivity index is 2.29. The van der Waals surface area contributed by atoms with Crippen LogP contribution in [0.5, 0.6) is 0 Å². The summed E-state index contributed by atoms with van der Waals surface area (Å²) >= 11 is 0. The zero-order chi connectivity index (χ0) is 18.5. The van der Waals surface area contributed by atoms with Crippen molar-refractivity contribution in [3.8, 4) is 11.8 Å². The smallest absolute Gasteiger partial charge is 0.339 e. The van der Waals surface area contributed by atoms with Gasteiger partial charge >= 0.3 is 5.97 Å². The fraction of sp³-hybridized carbons (Fsp3) is 0.450. The van der Waals surface area contributed by atoms with Gasteiger partial charge in [0, 0.05) is 12.2 Å². The maximum atomic E-state index is 11.8. The molecule has 136 valence electrons. The molecule has 0 unspecified atom stereocenters. The van der Waals surface area contributed by atoms with E-state index in [1.54, 1.807) is 19.1 Å². The lowest BCUT2D eigenvalue weighted by Gasteiger charge is -2.11. The van der Waals surface area contributed by atoms with E-state index >= 15 is 0 Å². The van der Waals surface area contributed by atoms with Crippen LogP contribution in [0.3, 0.4) is 0 Å². The lowest BCUT2D eigenvalue weighted by Crippen LogP contribution is -2.19. The number of carbonyl (C=O) groups excluding carboxylic acids is 1. The molecule has 1 N–H and O–H groups in total. The molecule has 0 aliphatic rings. The number of carbonyl (C=O) groups is 1. The Morgan fingerprint density at radius 3 is 2.48 bits per heavy atom. The molecule has 1 rings (SSSR count). The van der Waals surface area contributed by atoms with Crippen LogP contribution in [0.2, 0.25) is 0 Å². The van der Waals surface area contributed by atoms with Crippen LogP contribution in [0.1, 0.15) is 36.7 Å². The normalized spacial score (nSPS) is 10.1. The molecule has 0 aliphatic carbocycles. The van der Waals surface area contributed by atoms with Crippen LogP contribution in [-0.4, -0.2) is 45.0 Å². The van der Waals surface area contributed by atoms with Crippen molar-refractivity contribution in [3.05, 3.63) is 42.0 Å². The van der Waals surface area contributed by atoms with Gasteiger partial charge in [-0.3, -0.25) is 0 Å². The maximum absolute atomic E-state index is 11.8. The van der Waals surface area contributed by atoms with E-state index in [9.17, 15) is 4.79 Å². The van der Waals surface area contributed by atoms with Crippen molar-refractivity contribution in [2.45, 2.75) is 26.9 Å². The largest absolute Gasteiger partial charge is 0.449 e. The van der Waals surface area contributed by atoms with E-state index < -0.39 is 0 Å². The lowest BCUT2D eigenvalue weighted by atomic mass is 10.1. The highest BCUT2D eigenvalue weighted by molar-refractivity contribution is 5.89. The fourth-order valence-corrected chi connectivity index (χ4v) is 1.89. The van der Waals surface area contributed by atoms with Crippen molar-refractivity contribution in [2.75, 3.05) is 33.0 Å². The predicted octanol–water partition coefficient (Wildman–Crippen LogP) is 2.87. The molecule has 5 heteroatoms. The van der Waals surface area contributed by atoms with Crippen molar-refractivity contribution in [1.29, 1.82) is 0 Å². The summed E-state index contributed by atoms with van der Waals surface area (Å²) in [6.45, 7) is 12.2. The molecule has 0 amide bonds. The number of ether oxygens (including phenoxy) is 3. The van der Waals surface area contributed by atoms with E-state index in [-0.39, 0.29) is 18.7 Å². The zero-order valence-electron chi connectivity index (χ0n) is 15.3. The molecular weight excluding hydrogens is 318 g/mol. The zero-order valence-corrected chi connectivity index (χ0v) is 15.3. The molecule has 0 heterocycles. The maximum Gasteiger partial charge on any atom is 0.339 e. The first-order valence-electron chi connectivity index (χ1n) is 8.34. The number of benzene rings is 1. The van der Waals surface area contributed by atoms with E-state index in [4.69, 9.17) is 14.2 Å². The third kappa shape index (κ3) is 8.94. The second-order valence-corrected chi connectivity index (χ2v) is 5.52. The minimum absolute atomic E-state index is 0.105. The van der Waals surface area contributed by atoms with Gasteiger partial charge in [0.25, 0.3) is 0 Å². The second-order valence-electron chi connectivity index (χ2n) is 5.52. The second kappa shape index (κ2) is 12.1. The van der Waals surface area contributed by atoms with E-state index in [2.05, 4.69) is 23.7 Å². The van der Waals surface area contributed by atoms with Gasteiger partial charge in [-0.05, 0) is 38.5 Å². The summed E-state index contributed by atoms with van der Waals surface area (Å²) < 4.78 is 15.9. The average Bonchev–Trinajstić information content (AvgIpc) is 2.60. The van der Waals surface area contributed by atoms with Gasteiger partial charge in [0.05, 0.1) is 31.5 Å². The van der Waals surface area contributed by atoms with Crippen LogP contribution in [0, 0.1) is 11.8 Å². The molecule has 0 aromatic heterocycles. The third-order valence-corrected chi connectivity index (χ3v) is 3.18. The van der Waals surface area contributed by atoms with Gasteiger partial charge in [-0.2, -0.15) is 0 Å². The molecule has 0 atom stereocenters. The molecule has 1 aromatic rings. The molecule has 0 saturated heterocycles. The van der Waals surface area contributed by atoms with Crippen LogP contribution in [0.4, 0.5) is 0 Å². The Labute approximate surface area is 150 Å². The van der Waals surface area contributed by atoms with Gasteiger partial charge < -0.3 is 19.5 Å². The van der Waals surface area contributed by atoms with Gasteiger partial charge in [0.1, 0.15) is 0 Å². The van der Waals surface area contributed by atoms with Crippen LogP contribution in [0.15, 0.2) is 30.8 Å². The molecule has 0 spiro atoms. The topological polar surface area (TPSA) is 56.8 Å². The lowest BCUT2D eigenvalue weighted by molar-refractivity contribution is 0.0209. The quantitative estimate of drug-likeness (QED) is 0.380. The van der Waals surface area contributed by atoms with E-state index in [0.717, 1.165) is 11.3 Å². The molecule has 0 fully saturated rings. The Kier molecular flexibility index (Phi) is 10.1. The first kappa shape index (κ1) is 20.8. The summed E-state index contributed by atoms with van der Waals surface area (Å²) in [4.78, 5) is 11.8. The first-order chi connectivity index (χ1) is 12.0. The third-order valence-electron chi connectivity index (χ3n) is 3.18. The molecule has 5 nitrogen and oxygen atoms in total. The van der Waals surface area contributed by atoms with Gasteiger partial charge in [-0.15, -0.1) is 5.92 Å². The summed E-state index contributed by atoms with van der Waals surface area (Å²) in [5.41, 5.74) is 2.18. The minimum atomic E-state index is -0.384. The van der Waals surface area contributed by atoms with E-state index in [1.807, 2.05) is 26.0 Å². The van der Waals surface area contributed by atoms with Crippen molar-refractivity contribution in [3.63, 3.8) is 0 Å². The fourth-order valence-electron chi connectivity index (χ4n) is 1.89. The van der Waals surface area contributed by atoms with Crippen LogP contribution < -0.4 is 5.32 Å². The Bertz CT molecular complexity index is 596. The molecule has 25 heavy (non-hydrogen) atoms. The standard InChI is InChI=1S/C20H27NO4/c1-5-6-12-25-20(22)19-9-7-18(8-10-19)17(4)21-11-13-23-14-15-24-16(2)3/h7-10,16,21H,4,11-15H2,1-3H3. The summed E-state index contributed by atoms with van der Waals surface area (Å²) in [7, 11) is 0. The number of nitrogens with one attached hydrogen (secondary N) is 1. The number of esters is 1. The summed E-state index contributed by atoms with van der Waals surface area (Å²) in [6, 6.07) is 7.08. The van der Waals surface area contributed by atoms with E-state index in [1.165, 1.54) is 0 Å². The molecule has 0 bridgehead atoms. The van der Waals surface area contributed by atoms with Crippen LogP contribution >= 0.6 is 0 Å². The molecule has 1 aromatic carbocycles. The SMILES string of the molecule is C=C(NCCOCCOC(C)C)c1ccc(C(=O)OCC#CC)cc1. The predicted molar refractivity (Wildman–Crippen MR) is 99.1 cm³/mol. The minimum Gasteiger partial charge on any atom is -0.449 e.